The molecule has 21 heavy (non-hydrogen) atoms. The molecular weight excluding hydrogens is 268 g/mol. The third-order valence-electron chi connectivity index (χ3n) is 3.39. The predicted octanol–water partition coefficient (Wildman–Crippen LogP) is 2.48. The Bertz CT molecular complexity index is 471. The van der Waals surface area contributed by atoms with E-state index in [2.05, 4.69) is 0 Å². The highest BCUT2D eigenvalue weighted by atomic mass is 16.5. The number of nitrogens with zero attached hydrogens (tertiary/aromatic N) is 1. The van der Waals surface area contributed by atoms with Gasteiger partial charge in [-0.05, 0) is 33.3 Å². The first kappa shape index (κ1) is 17.1. The van der Waals surface area contributed by atoms with E-state index in [1.807, 2.05) is 31.7 Å². The van der Waals surface area contributed by atoms with Crippen LogP contribution in [0.5, 0.6) is 11.5 Å². The summed E-state index contributed by atoms with van der Waals surface area (Å²) in [5, 5.41) is 0. The quantitative estimate of drug-likeness (QED) is 0.748. The molecule has 0 aliphatic heterocycles. The Morgan fingerprint density at radius 2 is 1.90 bits per heavy atom. The molecule has 0 spiro atoms. The summed E-state index contributed by atoms with van der Waals surface area (Å²) in [5.74, 6) is 1.44. The fraction of sp³-hybridized carbons (Fsp3) is 0.562. The second kappa shape index (κ2) is 8.39. The molecule has 0 radical (unpaired) electrons. The second-order valence-electron chi connectivity index (χ2n) is 4.71. The predicted molar refractivity (Wildman–Crippen MR) is 84.8 cm³/mol. The number of rotatable bonds is 8. The van der Waals surface area contributed by atoms with Crippen LogP contribution in [0.15, 0.2) is 12.1 Å². The molecule has 0 aromatic heterocycles. The largest absolute Gasteiger partial charge is 0.493 e. The van der Waals surface area contributed by atoms with Gasteiger partial charge in [0.15, 0.2) is 11.5 Å². The number of hydrogen-bond acceptors (Lipinski definition) is 4. The second-order valence-corrected chi connectivity index (χ2v) is 4.71. The first-order chi connectivity index (χ1) is 10.1. The monoisotopic (exact) mass is 294 g/mol. The van der Waals surface area contributed by atoms with Gasteiger partial charge in [0.25, 0.3) is 0 Å². The SMILES string of the molecule is CCOc1c(CCC(=O)N(CC)CC)cc(N)cc1OC. The number of carbonyl (C=O) groups is 1. The van der Waals surface area contributed by atoms with E-state index in [0.717, 1.165) is 18.7 Å². The third-order valence-corrected chi connectivity index (χ3v) is 3.39. The molecule has 0 unspecified atom stereocenters. The van der Waals surface area contributed by atoms with Crippen LogP contribution in [-0.4, -0.2) is 37.6 Å². The topological polar surface area (TPSA) is 64.8 Å². The average Bonchev–Trinajstić information content (AvgIpc) is 2.48. The number of hydrogen-bond donors (Lipinski definition) is 1. The van der Waals surface area contributed by atoms with Crippen LogP contribution in [0.2, 0.25) is 0 Å². The van der Waals surface area contributed by atoms with E-state index in [0.29, 0.717) is 36.6 Å². The van der Waals surface area contributed by atoms with Gasteiger partial charge in [0.05, 0.1) is 13.7 Å². The third kappa shape index (κ3) is 4.55. The van der Waals surface area contributed by atoms with Crippen molar-refractivity contribution < 1.29 is 14.3 Å². The molecule has 118 valence electrons. The summed E-state index contributed by atoms with van der Waals surface area (Å²) in [7, 11) is 1.59. The van der Waals surface area contributed by atoms with Crippen molar-refractivity contribution in [3.63, 3.8) is 0 Å². The highest BCUT2D eigenvalue weighted by Crippen LogP contribution is 2.34. The molecule has 1 aromatic rings. The van der Waals surface area contributed by atoms with Crippen molar-refractivity contribution in [2.75, 3.05) is 32.5 Å². The summed E-state index contributed by atoms with van der Waals surface area (Å²) in [6, 6.07) is 3.59. The normalized spacial score (nSPS) is 10.3. The Hall–Kier alpha value is -1.91. The van der Waals surface area contributed by atoms with Gasteiger partial charge in [-0.15, -0.1) is 0 Å². The minimum atomic E-state index is 0.142. The Balaban J connectivity index is 2.91. The van der Waals surface area contributed by atoms with Crippen LogP contribution >= 0.6 is 0 Å². The molecule has 0 fully saturated rings. The first-order valence-electron chi connectivity index (χ1n) is 7.44. The molecule has 1 amide bonds. The summed E-state index contributed by atoms with van der Waals surface area (Å²) in [6.07, 6.45) is 1.03. The Kier molecular flexibility index (Phi) is 6.85. The minimum absolute atomic E-state index is 0.142. The molecule has 1 rings (SSSR count). The highest BCUT2D eigenvalue weighted by Gasteiger charge is 2.15. The van der Waals surface area contributed by atoms with Crippen LogP contribution in [0, 0.1) is 0 Å². The summed E-state index contributed by atoms with van der Waals surface area (Å²) >= 11 is 0. The van der Waals surface area contributed by atoms with Gasteiger partial charge in [0, 0.05) is 36.8 Å². The molecule has 0 bridgehead atoms. The van der Waals surface area contributed by atoms with Gasteiger partial charge in [-0.3, -0.25) is 4.79 Å². The van der Waals surface area contributed by atoms with E-state index in [1.54, 1.807) is 13.2 Å². The zero-order valence-corrected chi connectivity index (χ0v) is 13.4. The van der Waals surface area contributed by atoms with Crippen LogP contribution in [0.4, 0.5) is 5.69 Å². The molecule has 0 aliphatic carbocycles. The molecule has 0 saturated heterocycles. The van der Waals surface area contributed by atoms with E-state index in [4.69, 9.17) is 15.2 Å². The van der Waals surface area contributed by atoms with Gasteiger partial charge in [-0.25, -0.2) is 0 Å². The van der Waals surface area contributed by atoms with Gasteiger partial charge >= 0.3 is 0 Å². The van der Waals surface area contributed by atoms with E-state index in [1.165, 1.54) is 0 Å². The van der Waals surface area contributed by atoms with Gasteiger partial charge in [0.2, 0.25) is 5.91 Å². The molecule has 0 heterocycles. The molecular formula is C16H26N2O3. The fourth-order valence-electron chi connectivity index (χ4n) is 2.31. The highest BCUT2D eigenvalue weighted by molar-refractivity contribution is 5.76. The lowest BCUT2D eigenvalue weighted by Crippen LogP contribution is -2.30. The number of nitrogens with two attached hydrogens (primary N) is 1. The van der Waals surface area contributed by atoms with Crippen molar-refractivity contribution in [2.24, 2.45) is 0 Å². The summed E-state index contributed by atoms with van der Waals surface area (Å²) in [6.45, 7) is 7.88. The molecule has 0 atom stereocenters. The number of carbonyl (C=O) groups excluding carboxylic acids is 1. The lowest BCUT2D eigenvalue weighted by molar-refractivity contribution is -0.130. The van der Waals surface area contributed by atoms with E-state index >= 15 is 0 Å². The maximum Gasteiger partial charge on any atom is 0.222 e. The number of anilines is 1. The average molecular weight is 294 g/mol. The molecule has 2 N–H and O–H groups in total. The van der Waals surface area contributed by atoms with Crippen molar-refractivity contribution in [3.05, 3.63) is 17.7 Å². The van der Waals surface area contributed by atoms with Crippen molar-refractivity contribution in [1.82, 2.24) is 4.90 Å². The Morgan fingerprint density at radius 3 is 2.43 bits per heavy atom. The summed E-state index contributed by atoms with van der Waals surface area (Å²) < 4.78 is 11.0. The minimum Gasteiger partial charge on any atom is -0.493 e. The van der Waals surface area contributed by atoms with Gasteiger partial charge in [-0.1, -0.05) is 0 Å². The zero-order chi connectivity index (χ0) is 15.8. The first-order valence-corrected chi connectivity index (χ1v) is 7.44. The lowest BCUT2D eigenvalue weighted by Gasteiger charge is -2.19. The maximum absolute atomic E-state index is 12.1. The van der Waals surface area contributed by atoms with Crippen LogP contribution < -0.4 is 15.2 Å². The molecule has 0 aliphatic rings. The fourth-order valence-corrected chi connectivity index (χ4v) is 2.31. The Morgan fingerprint density at radius 1 is 1.24 bits per heavy atom. The number of aryl methyl sites for hydroxylation is 1. The number of ether oxygens (including phenoxy) is 2. The molecule has 5 nitrogen and oxygen atoms in total. The van der Waals surface area contributed by atoms with Gasteiger partial charge in [-0.2, -0.15) is 0 Å². The number of methoxy groups -OCH3 is 1. The van der Waals surface area contributed by atoms with E-state index < -0.39 is 0 Å². The molecule has 0 saturated carbocycles. The van der Waals surface area contributed by atoms with Gasteiger partial charge in [0.1, 0.15) is 0 Å². The molecule has 5 heteroatoms. The van der Waals surface area contributed by atoms with Crippen molar-refractivity contribution in [2.45, 2.75) is 33.6 Å². The zero-order valence-electron chi connectivity index (χ0n) is 13.4. The molecule has 1 aromatic carbocycles. The van der Waals surface area contributed by atoms with Crippen LogP contribution in [0.25, 0.3) is 0 Å². The van der Waals surface area contributed by atoms with Crippen molar-refractivity contribution in [1.29, 1.82) is 0 Å². The van der Waals surface area contributed by atoms with Crippen LogP contribution in [0.1, 0.15) is 32.8 Å². The van der Waals surface area contributed by atoms with Gasteiger partial charge < -0.3 is 20.1 Å². The summed E-state index contributed by atoms with van der Waals surface area (Å²) in [4.78, 5) is 13.9. The number of nitrogen functional groups attached to an aromatic ring is 1. The maximum atomic E-state index is 12.1. The van der Waals surface area contributed by atoms with Crippen molar-refractivity contribution >= 4 is 11.6 Å². The van der Waals surface area contributed by atoms with Crippen LogP contribution in [0.3, 0.4) is 0 Å². The Labute approximate surface area is 127 Å². The number of benzene rings is 1. The smallest absolute Gasteiger partial charge is 0.222 e. The van der Waals surface area contributed by atoms with Crippen molar-refractivity contribution in [3.8, 4) is 11.5 Å². The van der Waals surface area contributed by atoms with E-state index in [-0.39, 0.29) is 5.91 Å². The number of amides is 1. The van der Waals surface area contributed by atoms with Crippen LogP contribution in [-0.2, 0) is 11.2 Å². The standard InChI is InChI=1S/C16H26N2O3/c1-5-18(6-2)15(19)9-8-12-10-13(17)11-14(20-4)16(12)21-7-3/h10-11H,5-9,17H2,1-4H3. The lowest BCUT2D eigenvalue weighted by atomic mass is 10.1. The van der Waals surface area contributed by atoms with E-state index in [9.17, 15) is 4.79 Å². The summed E-state index contributed by atoms with van der Waals surface area (Å²) in [5.41, 5.74) is 7.41.